The van der Waals surface area contributed by atoms with E-state index in [9.17, 15) is 0 Å². The second-order valence-corrected chi connectivity index (χ2v) is 4.58. The zero-order chi connectivity index (χ0) is 12.2. The predicted molar refractivity (Wildman–Crippen MR) is 84.6 cm³/mol. The van der Waals surface area contributed by atoms with Crippen LogP contribution in [0.2, 0.25) is 0 Å². The summed E-state index contributed by atoms with van der Waals surface area (Å²) >= 11 is 0. The fourth-order valence-corrected chi connectivity index (χ4v) is 2.33. The lowest BCUT2D eigenvalue weighted by molar-refractivity contribution is 0.122. The van der Waals surface area contributed by atoms with Gasteiger partial charge in [-0.25, -0.2) is 9.97 Å². The fourth-order valence-electron chi connectivity index (χ4n) is 2.33. The van der Waals surface area contributed by atoms with Crippen LogP contribution in [0.3, 0.4) is 0 Å². The average molecular weight is 322 g/mol. The van der Waals surface area contributed by atoms with Crippen LogP contribution >= 0.6 is 24.8 Å². The Balaban J connectivity index is 0.000001000. The summed E-state index contributed by atoms with van der Waals surface area (Å²) in [6.07, 6.45) is 3.87. The molecule has 0 atom stereocenters. The molecule has 3 rings (SSSR count). The quantitative estimate of drug-likeness (QED) is 0.859. The highest BCUT2D eigenvalue weighted by molar-refractivity contribution is 5.85. The van der Waals surface area contributed by atoms with E-state index in [2.05, 4.69) is 25.1 Å². The summed E-state index contributed by atoms with van der Waals surface area (Å²) < 4.78 is 5.33. The molecule has 0 unspecified atom stereocenters. The lowest BCUT2D eigenvalue weighted by Crippen LogP contribution is -2.43. The molecule has 3 heterocycles. The Labute approximate surface area is 131 Å². The van der Waals surface area contributed by atoms with Gasteiger partial charge in [0.2, 0.25) is 5.95 Å². The van der Waals surface area contributed by atoms with Crippen LogP contribution in [-0.2, 0) is 4.74 Å². The van der Waals surface area contributed by atoms with Gasteiger partial charge in [-0.05, 0) is 0 Å². The van der Waals surface area contributed by atoms with Gasteiger partial charge in [0.15, 0.2) is 0 Å². The lowest BCUT2D eigenvalue weighted by atomic mass is 10.3. The van der Waals surface area contributed by atoms with Crippen LogP contribution in [0.25, 0.3) is 0 Å². The SMILES string of the molecule is Cl.Cl.c1nc(N2CCOCC2)ncc1N1CCNCC1. The molecule has 0 spiro atoms. The van der Waals surface area contributed by atoms with Crippen molar-refractivity contribution in [3.63, 3.8) is 0 Å². The number of ether oxygens (including phenoxy) is 1. The molecule has 0 radical (unpaired) electrons. The maximum atomic E-state index is 5.33. The monoisotopic (exact) mass is 321 g/mol. The molecule has 0 aromatic carbocycles. The summed E-state index contributed by atoms with van der Waals surface area (Å²) in [6, 6.07) is 0. The number of nitrogens with one attached hydrogen (secondary N) is 1. The first-order valence-electron chi connectivity index (χ1n) is 6.54. The van der Waals surface area contributed by atoms with Crippen LogP contribution in [0.5, 0.6) is 0 Å². The molecule has 0 amide bonds. The summed E-state index contributed by atoms with van der Waals surface area (Å²) in [5.74, 6) is 0.817. The van der Waals surface area contributed by atoms with Crippen molar-refractivity contribution in [1.82, 2.24) is 15.3 Å². The molecule has 1 aromatic rings. The number of rotatable bonds is 2. The number of anilines is 2. The Morgan fingerprint density at radius 2 is 1.50 bits per heavy atom. The summed E-state index contributed by atoms with van der Waals surface area (Å²) in [5, 5.41) is 3.34. The normalized spacial score (nSPS) is 19.0. The van der Waals surface area contributed by atoms with E-state index in [1.165, 1.54) is 0 Å². The van der Waals surface area contributed by atoms with Gasteiger partial charge in [-0.3, -0.25) is 0 Å². The molecule has 1 N–H and O–H groups in total. The molecule has 0 aliphatic carbocycles. The van der Waals surface area contributed by atoms with E-state index < -0.39 is 0 Å². The minimum atomic E-state index is 0. The van der Waals surface area contributed by atoms with E-state index in [1.54, 1.807) is 0 Å². The zero-order valence-electron chi connectivity index (χ0n) is 11.3. The van der Waals surface area contributed by atoms with Crippen molar-refractivity contribution < 1.29 is 4.74 Å². The number of halogens is 2. The Bertz CT molecular complexity index is 343. The molecular weight excluding hydrogens is 301 g/mol. The van der Waals surface area contributed by atoms with Crippen molar-refractivity contribution in [2.24, 2.45) is 0 Å². The Morgan fingerprint density at radius 1 is 0.900 bits per heavy atom. The standard InChI is InChI=1S/C12H19N5O.2ClH/c1-3-16(4-2-13-1)11-9-14-12(15-10-11)17-5-7-18-8-6-17;;/h9-10,13H,1-8H2;2*1H. The molecule has 2 aliphatic heterocycles. The molecule has 2 fully saturated rings. The van der Waals surface area contributed by atoms with Crippen molar-refractivity contribution in [1.29, 1.82) is 0 Å². The van der Waals surface area contributed by atoms with Gasteiger partial charge in [0.25, 0.3) is 0 Å². The first-order chi connectivity index (χ1) is 8.93. The molecule has 2 aliphatic rings. The van der Waals surface area contributed by atoms with Crippen molar-refractivity contribution >= 4 is 36.4 Å². The van der Waals surface area contributed by atoms with Crippen molar-refractivity contribution in [3.05, 3.63) is 12.4 Å². The van der Waals surface area contributed by atoms with Crippen molar-refractivity contribution in [2.75, 3.05) is 62.3 Å². The highest BCUT2D eigenvalue weighted by Crippen LogP contribution is 2.15. The van der Waals surface area contributed by atoms with Crippen LogP contribution in [0, 0.1) is 0 Å². The highest BCUT2D eigenvalue weighted by Gasteiger charge is 2.15. The third kappa shape index (κ3) is 4.09. The van der Waals surface area contributed by atoms with Crippen molar-refractivity contribution in [3.8, 4) is 0 Å². The third-order valence-electron chi connectivity index (χ3n) is 3.40. The minimum absolute atomic E-state index is 0. The maximum Gasteiger partial charge on any atom is 0.225 e. The number of morpholine rings is 1. The van der Waals surface area contributed by atoms with E-state index in [0.29, 0.717) is 0 Å². The van der Waals surface area contributed by atoms with E-state index in [-0.39, 0.29) is 24.8 Å². The van der Waals surface area contributed by atoms with E-state index in [4.69, 9.17) is 4.74 Å². The third-order valence-corrected chi connectivity index (χ3v) is 3.40. The number of aromatic nitrogens is 2. The molecule has 114 valence electrons. The van der Waals surface area contributed by atoms with Crippen LogP contribution < -0.4 is 15.1 Å². The summed E-state index contributed by atoms with van der Waals surface area (Å²) in [6.45, 7) is 7.42. The van der Waals surface area contributed by atoms with Crippen LogP contribution in [0.1, 0.15) is 0 Å². The lowest BCUT2D eigenvalue weighted by Gasteiger charge is -2.30. The molecule has 6 nitrogen and oxygen atoms in total. The van der Waals surface area contributed by atoms with Gasteiger partial charge in [0, 0.05) is 39.3 Å². The van der Waals surface area contributed by atoms with Gasteiger partial charge < -0.3 is 19.9 Å². The van der Waals surface area contributed by atoms with Crippen LogP contribution in [0.4, 0.5) is 11.6 Å². The van der Waals surface area contributed by atoms with E-state index in [0.717, 1.165) is 64.1 Å². The largest absolute Gasteiger partial charge is 0.378 e. The molecule has 8 heteroatoms. The topological polar surface area (TPSA) is 53.5 Å². The summed E-state index contributed by atoms with van der Waals surface area (Å²) in [5.41, 5.74) is 1.12. The zero-order valence-corrected chi connectivity index (χ0v) is 13.0. The molecular formula is C12H21Cl2N5O. The fraction of sp³-hybridized carbons (Fsp3) is 0.667. The Morgan fingerprint density at radius 3 is 2.10 bits per heavy atom. The number of nitrogens with zero attached hydrogens (tertiary/aromatic N) is 4. The van der Waals surface area contributed by atoms with Crippen molar-refractivity contribution in [2.45, 2.75) is 0 Å². The van der Waals surface area contributed by atoms with Gasteiger partial charge in [0.1, 0.15) is 0 Å². The van der Waals surface area contributed by atoms with Gasteiger partial charge in [-0.1, -0.05) is 0 Å². The van der Waals surface area contributed by atoms with E-state index in [1.807, 2.05) is 12.4 Å². The number of hydrogen-bond acceptors (Lipinski definition) is 6. The second kappa shape index (κ2) is 8.46. The number of hydrogen-bond donors (Lipinski definition) is 1. The second-order valence-electron chi connectivity index (χ2n) is 4.58. The molecule has 0 bridgehead atoms. The molecule has 2 saturated heterocycles. The smallest absolute Gasteiger partial charge is 0.225 e. The van der Waals surface area contributed by atoms with Gasteiger partial charge in [-0.15, -0.1) is 24.8 Å². The van der Waals surface area contributed by atoms with Crippen LogP contribution in [0.15, 0.2) is 12.4 Å². The molecule has 0 saturated carbocycles. The molecule has 20 heavy (non-hydrogen) atoms. The van der Waals surface area contributed by atoms with Gasteiger partial charge in [-0.2, -0.15) is 0 Å². The summed E-state index contributed by atoms with van der Waals surface area (Å²) in [4.78, 5) is 13.4. The maximum absolute atomic E-state index is 5.33. The minimum Gasteiger partial charge on any atom is -0.378 e. The highest BCUT2D eigenvalue weighted by atomic mass is 35.5. The van der Waals surface area contributed by atoms with E-state index >= 15 is 0 Å². The molecule has 1 aromatic heterocycles. The van der Waals surface area contributed by atoms with Crippen LogP contribution in [-0.4, -0.2) is 62.5 Å². The summed E-state index contributed by atoms with van der Waals surface area (Å²) in [7, 11) is 0. The predicted octanol–water partition coefficient (Wildman–Crippen LogP) is 0.566. The Hall–Kier alpha value is -0.820. The Kier molecular flexibility index (Phi) is 7.29. The first-order valence-corrected chi connectivity index (χ1v) is 6.54. The number of piperazine rings is 1. The average Bonchev–Trinajstić information content (AvgIpc) is 2.49. The first kappa shape index (κ1) is 17.2. The van der Waals surface area contributed by atoms with Gasteiger partial charge in [0.05, 0.1) is 31.3 Å². The van der Waals surface area contributed by atoms with Gasteiger partial charge >= 0.3 is 0 Å².